The van der Waals surface area contributed by atoms with E-state index in [9.17, 15) is 5.11 Å². The van der Waals surface area contributed by atoms with Crippen molar-refractivity contribution in [1.82, 2.24) is 14.5 Å². The maximum atomic E-state index is 9.99. The van der Waals surface area contributed by atoms with Crippen LogP contribution >= 0.6 is 0 Å². The number of aliphatic hydroxyl groups is 1. The van der Waals surface area contributed by atoms with Crippen LogP contribution in [0.1, 0.15) is 31.7 Å². The van der Waals surface area contributed by atoms with Crippen molar-refractivity contribution in [3.05, 3.63) is 54.1 Å². The van der Waals surface area contributed by atoms with Crippen LogP contribution in [0.5, 0.6) is 0 Å². The summed E-state index contributed by atoms with van der Waals surface area (Å²) < 4.78 is 2.15. The summed E-state index contributed by atoms with van der Waals surface area (Å²) in [6, 6.07) is 10.4. The predicted octanol–water partition coefficient (Wildman–Crippen LogP) is 2.68. The van der Waals surface area contributed by atoms with Crippen LogP contribution in [0.3, 0.4) is 0 Å². The van der Waals surface area contributed by atoms with E-state index in [1.54, 1.807) is 0 Å². The monoisotopic (exact) mass is 287 g/mol. The van der Waals surface area contributed by atoms with Gasteiger partial charge in [-0.2, -0.15) is 0 Å². The van der Waals surface area contributed by atoms with Crippen LogP contribution in [0, 0.1) is 0 Å². The molecule has 0 radical (unpaired) electrons. The molecule has 1 N–H and O–H groups in total. The number of rotatable bonds is 8. The van der Waals surface area contributed by atoms with E-state index in [-0.39, 0.29) is 6.10 Å². The number of aliphatic hydroxyl groups excluding tert-OH is 1. The minimum atomic E-state index is -0.293. The molecule has 1 atom stereocenters. The van der Waals surface area contributed by atoms with Crippen molar-refractivity contribution in [1.29, 1.82) is 0 Å². The van der Waals surface area contributed by atoms with E-state index in [1.807, 2.05) is 25.4 Å². The molecule has 1 aromatic heterocycles. The third-order valence-electron chi connectivity index (χ3n) is 3.70. The van der Waals surface area contributed by atoms with Crippen LogP contribution in [-0.4, -0.2) is 32.2 Å². The van der Waals surface area contributed by atoms with Crippen LogP contribution in [0.4, 0.5) is 0 Å². The van der Waals surface area contributed by atoms with Crippen molar-refractivity contribution in [2.45, 2.75) is 46.0 Å². The molecule has 0 bridgehead atoms. The Labute approximate surface area is 127 Å². The van der Waals surface area contributed by atoms with E-state index in [2.05, 4.69) is 45.6 Å². The Balaban J connectivity index is 2.08. The van der Waals surface area contributed by atoms with Gasteiger partial charge in [-0.3, -0.25) is 4.90 Å². The Morgan fingerprint density at radius 3 is 2.62 bits per heavy atom. The summed E-state index contributed by atoms with van der Waals surface area (Å²) in [5.41, 5.74) is 1.26. The van der Waals surface area contributed by atoms with Crippen molar-refractivity contribution in [3.8, 4) is 0 Å². The zero-order valence-electron chi connectivity index (χ0n) is 12.9. The standard InChI is InChI=1S/C17H25N3O/c1-3-16(21)13-19(12-15-8-6-5-7-9-15)14-17-18-10-11-20(17)4-2/h5-11,16,21H,3-4,12-14H2,1-2H3. The molecule has 0 aliphatic rings. The fourth-order valence-electron chi connectivity index (χ4n) is 2.43. The van der Waals surface area contributed by atoms with Gasteiger partial charge in [0, 0.05) is 32.0 Å². The smallest absolute Gasteiger partial charge is 0.122 e. The molecule has 0 spiro atoms. The molecule has 2 rings (SSSR count). The first kappa shape index (κ1) is 15.7. The minimum Gasteiger partial charge on any atom is -0.392 e. The van der Waals surface area contributed by atoms with E-state index >= 15 is 0 Å². The molecule has 0 saturated heterocycles. The zero-order chi connectivity index (χ0) is 15.1. The molecule has 0 aliphatic heterocycles. The van der Waals surface area contributed by atoms with Crippen molar-refractivity contribution in [3.63, 3.8) is 0 Å². The highest BCUT2D eigenvalue weighted by Gasteiger charge is 2.14. The van der Waals surface area contributed by atoms with E-state index in [1.165, 1.54) is 5.56 Å². The molecular weight excluding hydrogens is 262 g/mol. The normalized spacial score (nSPS) is 12.8. The van der Waals surface area contributed by atoms with Gasteiger partial charge in [0.15, 0.2) is 0 Å². The highest BCUT2D eigenvalue weighted by molar-refractivity contribution is 5.14. The molecule has 2 aromatic rings. The minimum absolute atomic E-state index is 0.293. The molecule has 0 amide bonds. The topological polar surface area (TPSA) is 41.3 Å². The molecule has 21 heavy (non-hydrogen) atoms. The van der Waals surface area contributed by atoms with Crippen molar-refractivity contribution < 1.29 is 5.11 Å². The van der Waals surface area contributed by atoms with Gasteiger partial charge in [-0.15, -0.1) is 0 Å². The van der Waals surface area contributed by atoms with Gasteiger partial charge >= 0.3 is 0 Å². The van der Waals surface area contributed by atoms with Gasteiger partial charge in [0.2, 0.25) is 0 Å². The van der Waals surface area contributed by atoms with Gasteiger partial charge in [-0.1, -0.05) is 37.3 Å². The molecule has 0 fully saturated rings. The average Bonchev–Trinajstić information content (AvgIpc) is 2.95. The van der Waals surface area contributed by atoms with Crippen LogP contribution in [-0.2, 0) is 19.6 Å². The van der Waals surface area contributed by atoms with E-state index in [0.717, 1.165) is 31.9 Å². The molecule has 114 valence electrons. The number of nitrogens with zero attached hydrogens (tertiary/aromatic N) is 3. The second-order valence-electron chi connectivity index (χ2n) is 5.35. The fraction of sp³-hybridized carbons (Fsp3) is 0.471. The average molecular weight is 287 g/mol. The van der Waals surface area contributed by atoms with Crippen LogP contribution < -0.4 is 0 Å². The lowest BCUT2D eigenvalue weighted by Crippen LogP contribution is -2.32. The highest BCUT2D eigenvalue weighted by atomic mass is 16.3. The second-order valence-corrected chi connectivity index (χ2v) is 5.35. The first-order valence-corrected chi connectivity index (χ1v) is 7.67. The van der Waals surface area contributed by atoms with Crippen molar-refractivity contribution in [2.24, 2.45) is 0 Å². The lowest BCUT2D eigenvalue weighted by Gasteiger charge is -2.24. The maximum Gasteiger partial charge on any atom is 0.122 e. The molecule has 4 nitrogen and oxygen atoms in total. The van der Waals surface area contributed by atoms with Gasteiger partial charge in [0.1, 0.15) is 5.82 Å². The number of hydrogen-bond donors (Lipinski definition) is 1. The number of aryl methyl sites for hydroxylation is 1. The Morgan fingerprint density at radius 2 is 1.95 bits per heavy atom. The largest absolute Gasteiger partial charge is 0.392 e. The molecule has 1 aromatic carbocycles. The highest BCUT2D eigenvalue weighted by Crippen LogP contribution is 2.11. The van der Waals surface area contributed by atoms with Crippen LogP contribution in [0.2, 0.25) is 0 Å². The Morgan fingerprint density at radius 1 is 1.19 bits per heavy atom. The SMILES string of the molecule is CCC(O)CN(Cc1ccccc1)Cc1nccn1CC. The summed E-state index contributed by atoms with van der Waals surface area (Å²) in [5, 5.41) is 9.99. The predicted molar refractivity (Wildman–Crippen MR) is 84.8 cm³/mol. The summed E-state index contributed by atoms with van der Waals surface area (Å²) >= 11 is 0. The summed E-state index contributed by atoms with van der Waals surface area (Å²) in [6.07, 6.45) is 4.33. The third kappa shape index (κ3) is 4.69. The number of imidazole rings is 1. The Bertz CT molecular complexity index is 524. The van der Waals surface area contributed by atoms with Gasteiger partial charge in [0.25, 0.3) is 0 Å². The van der Waals surface area contributed by atoms with Crippen LogP contribution in [0.15, 0.2) is 42.7 Å². The van der Waals surface area contributed by atoms with Crippen LogP contribution in [0.25, 0.3) is 0 Å². The second kappa shape index (κ2) is 7.96. The quantitative estimate of drug-likeness (QED) is 0.811. The molecule has 1 unspecified atom stereocenters. The number of hydrogen-bond acceptors (Lipinski definition) is 3. The molecule has 0 saturated carbocycles. The molecule has 0 aliphatic carbocycles. The Hall–Kier alpha value is -1.65. The number of benzene rings is 1. The van der Waals surface area contributed by atoms with Crippen molar-refractivity contribution in [2.75, 3.05) is 6.54 Å². The van der Waals surface area contributed by atoms with Gasteiger partial charge in [-0.05, 0) is 18.9 Å². The maximum absolute atomic E-state index is 9.99. The van der Waals surface area contributed by atoms with E-state index < -0.39 is 0 Å². The first-order chi connectivity index (χ1) is 10.2. The molecule has 1 heterocycles. The van der Waals surface area contributed by atoms with E-state index in [0.29, 0.717) is 6.54 Å². The summed E-state index contributed by atoms with van der Waals surface area (Å²) in [5.74, 6) is 1.05. The summed E-state index contributed by atoms with van der Waals surface area (Å²) in [7, 11) is 0. The zero-order valence-corrected chi connectivity index (χ0v) is 12.9. The first-order valence-electron chi connectivity index (χ1n) is 7.67. The lowest BCUT2D eigenvalue weighted by atomic mass is 10.2. The Kier molecular flexibility index (Phi) is 5.96. The number of aromatic nitrogens is 2. The molecule has 4 heteroatoms. The van der Waals surface area contributed by atoms with E-state index in [4.69, 9.17) is 0 Å². The summed E-state index contributed by atoms with van der Waals surface area (Å²) in [4.78, 5) is 6.70. The summed E-state index contributed by atoms with van der Waals surface area (Å²) in [6.45, 7) is 7.31. The fourth-order valence-corrected chi connectivity index (χ4v) is 2.43. The molecular formula is C17H25N3O. The lowest BCUT2D eigenvalue weighted by molar-refractivity contribution is 0.0993. The third-order valence-corrected chi connectivity index (χ3v) is 3.70. The van der Waals surface area contributed by atoms with Crippen molar-refractivity contribution >= 4 is 0 Å². The van der Waals surface area contributed by atoms with Gasteiger partial charge in [0.05, 0.1) is 12.6 Å². The van der Waals surface area contributed by atoms with Gasteiger partial charge in [-0.25, -0.2) is 4.98 Å². The van der Waals surface area contributed by atoms with Gasteiger partial charge < -0.3 is 9.67 Å².